The number of hydrogen-bond acceptors (Lipinski definition) is 4. The number of benzene rings is 1. The highest BCUT2D eigenvalue weighted by Gasteiger charge is 2.14. The van der Waals surface area contributed by atoms with Crippen LogP contribution in [-0.2, 0) is 11.2 Å². The number of ether oxygens (including phenoxy) is 1. The van der Waals surface area contributed by atoms with Crippen molar-refractivity contribution in [3.63, 3.8) is 0 Å². The fraction of sp³-hybridized carbons (Fsp3) is 0.308. The smallest absolute Gasteiger partial charge is 0.320 e. The van der Waals surface area contributed by atoms with Gasteiger partial charge in [-0.3, -0.25) is 4.79 Å². The van der Waals surface area contributed by atoms with Crippen molar-refractivity contribution >= 4 is 16.9 Å². The summed E-state index contributed by atoms with van der Waals surface area (Å²) in [5.74, 6) is -0.272. The van der Waals surface area contributed by atoms with Crippen molar-refractivity contribution in [2.45, 2.75) is 12.5 Å². The molecule has 6 N–H and O–H groups in total. The van der Waals surface area contributed by atoms with E-state index in [2.05, 4.69) is 4.98 Å². The number of aromatic amines is 1. The molecule has 2 aromatic rings. The average Bonchev–Trinajstić information content (AvgIpc) is 2.78. The summed E-state index contributed by atoms with van der Waals surface area (Å²) < 4.78 is 5.43. The van der Waals surface area contributed by atoms with Crippen LogP contribution in [-0.4, -0.2) is 35.3 Å². The van der Waals surface area contributed by atoms with E-state index in [-0.39, 0.29) is 0 Å². The summed E-state index contributed by atoms with van der Waals surface area (Å²) in [6.45, 7) is 0.921. The van der Waals surface area contributed by atoms with Gasteiger partial charge >= 0.3 is 5.97 Å². The highest BCUT2D eigenvalue weighted by atomic mass is 16.5. The van der Waals surface area contributed by atoms with Crippen molar-refractivity contribution in [2.75, 3.05) is 13.2 Å². The number of carbonyl (C=O) groups is 1. The summed E-state index contributed by atoms with van der Waals surface area (Å²) in [5.41, 5.74) is 12.7. The molecule has 1 aromatic carbocycles. The molecule has 6 nitrogen and oxygen atoms in total. The van der Waals surface area contributed by atoms with Gasteiger partial charge in [0.15, 0.2) is 0 Å². The van der Waals surface area contributed by atoms with Gasteiger partial charge < -0.3 is 26.3 Å². The summed E-state index contributed by atoms with van der Waals surface area (Å²) in [4.78, 5) is 13.9. The number of hydrogen-bond donors (Lipinski definition) is 4. The van der Waals surface area contributed by atoms with Crippen molar-refractivity contribution in [3.8, 4) is 5.75 Å². The first-order valence-corrected chi connectivity index (χ1v) is 6.03. The molecule has 0 amide bonds. The zero-order chi connectivity index (χ0) is 13.8. The number of carboxylic acids is 1. The lowest BCUT2D eigenvalue weighted by Gasteiger charge is -2.06. The van der Waals surface area contributed by atoms with Crippen molar-refractivity contribution in [1.29, 1.82) is 0 Å². The molecule has 1 heterocycles. The van der Waals surface area contributed by atoms with E-state index in [1.54, 1.807) is 6.20 Å². The maximum absolute atomic E-state index is 10.8. The average molecular weight is 263 g/mol. The first kappa shape index (κ1) is 13.4. The Morgan fingerprint density at radius 2 is 2.26 bits per heavy atom. The zero-order valence-corrected chi connectivity index (χ0v) is 10.4. The third kappa shape index (κ3) is 3.04. The lowest BCUT2D eigenvalue weighted by atomic mass is 10.1. The van der Waals surface area contributed by atoms with Crippen molar-refractivity contribution in [1.82, 2.24) is 4.98 Å². The number of rotatable bonds is 6. The lowest BCUT2D eigenvalue weighted by Crippen LogP contribution is -2.32. The first-order chi connectivity index (χ1) is 9.11. The van der Waals surface area contributed by atoms with Gasteiger partial charge in [0, 0.05) is 36.1 Å². The molecule has 0 saturated heterocycles. The fourth-order valence-corrected chi connectivity index (χ4v) is 1.93. The van der Waals surface area contributed by atoms with Crippen molar-refractivity contribution < 1.29 is 14.6 Å². The van der Waals surface area contributed by atoms with Crippen LogP contribution in [0.25, 0.3) is 10.9 Å². The van der Waals surface area contributed by atoms with Crippen LogP contribution in [0.15, 0.2) is 24.4 Å². The third-order valence-electron chi connectivity index (χ3n) is 2.88. The van der Waals surface area contributed by atoms with E-state index in [1.165, 1.54) is 0 Å². The normalized spacial score (nSPS) is 12.5. The minimum atomic E-state index is -1.00. The van der Waals surface area contributed by atoms with E-state index in [1.807, 2.05) is 18.2 Å². The quantitative estimate of drug-likeness (QED) is 0.604. The minimum Gasteiger partial charge on any atom is -0.492 e. The van der Waals surface area contributed by atoms with Crippen LogP contribution < -0.4 is 16.2 Å². The van der Waals surface area contributed by atoms with Crippen LogP contribution in [0.1, 0.15) is 5.56 Å². The Hall–Kier alpha value is -2.05. The fourth-order valence-electron chi connectivity index (χ4n) is 1.93. The Kier molecular flexibility index (Phi) is 4.03. The molecular weight excluding hydrogens is 246 g/mol. The Labute approximate surface area is 110 Å². The van der Waals surface area contributed by atoms with E-state index in [0.29, 0.717) is 19.6 Å². The summed E-state index contributed by atoms with van der Waals surface area (Å²) in [6.07, 6.45) is 2.07. The summed E-state index contributed by atoms with van der Waals surface area (Å²) in [7, 11) is 0. The van der Waals surface area contributed by atoms with Crippen LogP contribution in [0.3, 0.4) is 0 Å². The molecule has 19 heavy (non-hydrogen) atoms. The van der Waals surface area contributed by atoms with Crippen LogP contribution >= 0.6 is 0 Å². The number of carboxylic acid groups (broad SMARTS) is 1. The first-order valence-electron chi connectivity index (χ1n) is 6.03. The zero-order valence-electron chi connectivity index (χ0n) is 10.4. The number of nitrogens with one attached hydrogen (secondary N) is 1. The van der Waals surface area contributed by atoms with Gasteiger partial charge in [-0.05, 0) is 17.7 Å². The van der Waals surface area contributed by atoms with Crippen LogP contribution in [0, 0.1) is 0 Å². The number of aliphatic carboxylic acids is 1. The standard InChI is InChI=1S/C13H17N3O3/c14-3-4-19-9-1-2-10-8(5-11(15)13(17)18)7-16-12(10)6-9/h1-2,6-7,11,16H,3-5,14-15H2,(H,17,18)/t11-/m0/s1. The topological polar surface area (TPSA) is 114 Å². The third-order valence-corrected chi connectivity index (χ3v) is 2.88. The Morgan fingerprint density at radius 1 is 1.47 bits per heavy atom. The number of aromatic nitrogens is 1. The van der Waals surface area contributed by atoms with Gasteiger partial charge in [-0.2, -0.15) is 0 Å². The van der Waals surface area contributed by atoms with E-state index in [9.17, 15) is 4.79 Å². The number of H-pyrrole nitrogens is 1. The van der Waals surface area contributed by atoms with E-state index in [4.69, 9.17) is 21.3 Å². The molecule has 102 valence electrons. The molecule has 0 aliphatic heterocycles. The molecule has 1 aromatic heterocycles. The molecule has 0 saturated carbocycles. The maximum Gasteiger partial charge on any atom is 0.320 e. The SMILES string of the molecule is NCCOc1ccc2c(C[C@H](N)C(=O)O)c[nH]c2c1. The highest BCUT2D eigenvalue weighted by Crippen LogP contribution is 2.24. The molecule has 0 unspecified atom stereocenters. The second kappa shape index (κ2) is 5.73. The largest absolute Gasteiger partial charge is 0.492 e. The van der Waals surface area contributed by atoms with Gasteiger partial charge in [-0.15, -0.1) is 0 Å². The van der Waals surface area contributed by atoms with Crippen molar-refractivity contribution in [2.24, 2.45) is 11.5 Å². The van der Waals surface area contributed by atoms with Crippen LogP contribution in [0.2, 0.25) is 0 Å². The Morgan fingerprint density at radius 3 is 2.95 bits per heavy atom. The molecule has 1 atom stereocenters. The van der Waals surface area contributed by atoms with Gasteiger partial charge in [-0.25, -0.2) is 0 Å². The second-order valence-electron chi connectivity index (χ2n) is 4.31. The number of fused-ring (bicyclic) bond motifs is 1. The van der Waals surface area contributed by atoms with E-state index < -0.39 is 12.0 Å². The molecule has 0 spiro atoms. The van der Waals surface area contributed by atoms with E-state index in [0.717, 1.165) is 22.2 Å². The second-order valence-corrected chi connectivity index (χ2v) is 4.31. The van der Waals surface area contributed by atoms with E-state index >= 15 is 0 Å². The van der Waals surface area contributed by atoms with Gasteiger partial charge in [0.2, 0.25) is 0 Å². The predicted octanol–water partition coefficient (Wildman–Crippen LogP) is 0.460. The summed E-state index contributed by atoms with van der Waals surface area (Å²) >= 11 is 0. The van der Waals surface area contributed by atoms with Gasteiger partial charge in [0.1, 0.15) is 18.4 Å². The maximum atomic E-state index is 10.8. The predicted molar refractivity (Wildman–Crippen MR) is 72.2 cm³/mol. The molecule has 6 heteroatoms. The molecule has 0 aliphatic carbocycles. The van der Waals surface area contributed by atoms with Gasteiger partial charge in [0.05, 0.1) is 0 Å². The molecule has 0 radical (unpaired) electrons. The van der Waals surface area contributed by atoms with Gasteiger partial charge in [0.25, 0.3) is 0 Å². The molecule has 0 fully saturated rings. The Balaban J connectivity index is 2.21. The summed E-state index contributed by atoms with van der Waals surface area (Å²) in [6, 6.07) is 4.69. The molecule has 0 aliphatic rings. The minimum absolute atomic E-state index is 0.290. The molecule has 0 bridgehead atoms. The van der Waals surface area contributed by atoms with Crippen LogP contribution in [0.4, 0.5) is 0 Å². The highest BCUT2D eigenvalue weighted by molar-refractivity contribution is 5.85. The molecular formula is C13H17N3O3. The Bertz CT molecular complexity index is 580. The number of nitrogens with two attached hydrogens (primary N) is 2. The van der Waals surface area contributed by atoms with Crippen molar-refractivity contribution in [3.05, 3.63) is 30.0 Å². The molecule has 2 rings (SSSR count). The van der Waals surface area contributed by atoms with Gasteiger partial charge in [-0.1, -0.05) is 0 Å². The lowest BCUT2D eigenvalue weighted by molar-refractivity contribution is -0.138. The van der Waals surface area contributed by atoms with Crippen LogP contribution in [0.5, 0.6) is 5.75 Å². The monoisotopic (exact) mass is 263 g/mol. The summed E-state index contributed by atoms with van der Waals surface area (Å²) in [5, 5.41) is 9.78.